The summed E-state index contributed by atoms with van der Waals surface area (Å²) >= 11 is 0. The summed E-state index contributed by atoms with van der Waals surface area (Å²) in [5.41, 5.74) is 1.30. The highest BCUT2D eigenvalue weighted by atomic mass is 16.6. The van der Waals surface area contributed by atoms with Crippen LogP contribution in [0, 0.1) is 6.92 Å². The van der Waals surface area contributed by atoms with Gasteiger partial charge in [0.2, 0.25) is 0 Å². The first-order valence-corrected chi connectivity index (χ1v) is 8.18. The number of rotatable bonds is 4. The van der Waals surface area contributed by atoms with Crippen LogP contribution in [0.25, 0.3) is 0 Å². The molecular formula is C18H26N2O4. The maximum Gasteiger partial charge on any atom is 0.407 e. The van der Waals surface area contributed by atoms with E-state index in [2.05, 4.69) is 5.32 Å². The molecule has 2 unspecified atom stereocenters. The van der Waals surface area contributed by atoms with Gasteiger partial charge in [0.15, 0.2) is 0 Å². The molecule has 0 bridgehead atoms. The number of ether oxygens (including phenoxy) is 1. The van der Waals surface area contributed by atoms with Crippen LogP contribution in [0.15, 0.2) is 24.3 Å². The van der Waals surface area contributed by atoms with Gasteiger partial charge in [0.25, 0.3) is 0 Å². The fourth-order valence-corrected chi connectivity index (χ4v) is 2.87. The molecule has 132 valence electrons. The van der Waals surface area contributed by atoms with Gasteiger partial charge < -0.3 is 15.2 Å². The zero-order valence-electron chi connectivity index (χ0n) is 14.7. The van der Waals surface area contributed by atoms with Crippen LogP contribution in [0.3, 0.4) is 0 Å². The largest absolute Gasteiger partial charge is 0.480 e. The Kier molecular flexibility index (Phi) is 5.49. The number of hydrogen-bond donors (Lipinski definition) is 2. The molecule has 2 atom stereocenters. The maximum atomic E-state index is 11.9. The Bertz CT molecular complexity index is 592. The molecule has 2 rings (SSSR count). The van der Waals surface area contributed by atoms with Crippen molar-refractivity contribution in [2.45, 2.75) is 51.8 Å². The van der Waals surface area contributed by atoms with Gasteiger partial charge in [0.1, 0.15) is 11.6 Å². The molecule has 1 aromatic carbocycles. The highest BCUT2D eigenvalue weighted by Crippen LogP contribution is 2.26. The third-order valence-electron chi connectivity index (χ3n) is 3.93. The molecule has 0 aliphatic carbocycles. The van der Waals surface area contributed by atoms with Crippen molar-refractivity contribution in [3.8, 4) is 0 Å². The molecule has 1 amide bonds. The molecule has 2 N–H and O–H groups in total. The smallest absolute Gasteiger partial charge is 0.407 e. The second kappa shape index (κ2) is 7.21. The molecule has 6 heteroatoms. The van der Waals surface area contributed by atoms with Crippen molar-refractivity contribution in [1.82, 2.24) is 10.2 Å². The van der Waals surface area contributed by atoms with E-state index in [0.29, 0.717) is 19.5 Å². The van der Waals surface area contributed by atoms with Gasteiger partial charge in [0.05, 0.1) is 0 Å². The van der Waals surface area contributed by atoms with Crippen molar-refractivity contribution in [3.63, 3.8) is 0 Å². The van der Waals surface area contributed by atoms with Gasteiger partial charge >= 0.3 is 12.1 Å². The number of aliphatic carboxylic acids is 1. The number of benzene rings is 1. The third-order valence-corrected chi connectivity index (χ3v) is 3.93. The standard InChI is InChI=1S/C18H26N2O4/c1-12-5-7-13(8-6-12)15(16(21)22)20-10-9-14(11-20)19-17(23)24-18(2,3)4/h5-8,14-15H,9-11H2,1-4H3,(H,19,23)(H,21,22). The third kappa shape index (κ3) is 4.96. The first-order valence-electron chi connectivity index (χ1n) is 8.18. The van der Waals surface area contributed by atoms with E-state index in [1.807, 2.05) is 56.9 Å². The molecule has 0 aromatic heterocycles. The molecular weight excluding hydrogens is 308 g/mol. The van der Waals surface area contributed by atoms with Gasteiger partial charge in [-0.25, -0.2) is 4.79 Å². The number of aryl methyl sites for hydroxylation is 1. The second-order valence-corrected chi connectivity index (χ2v) is 7.28. The van der Waals surface area contributed by atoms with Crippen molar-refractivity contribution in [2.24, 2.45) is 0 Å². The van der Waals surface area contributed by atoms with E-state index in [4.69, 9.17) is 4.74 Å². The Morgan fingerprint density at radius 2 is 1.92 bits per heavy atom. The Balaban J connectivity index is 2.00. The zero-order valence-corrected chi connectivity index (χ0v) is 14.7. The minimum Gasteiger partial charge on any atom is -0.480 e. The average molecular weight is 334 g/mol. The number of hydrogen-bond acceptors (Lipinski definition) is 4. The topological polar surface area (TPSA) is 78.9 Å². The molecule has 0 radical (unpaired) electrons. The molecule has 1 saturated heterocycles. The Morgan fingerprint density at radius 3 is 2.46 bits per heavy atom. The Labute approximate surface area is 142 Å². The minimum absolute atomic E-state index is 0.104. The lowest BCUT2D eigenvalue weighted by Gasteiger charge is -2.25. The summed E-state index contributed by atoms with van der Waals surface area (Å²) in [4.78, 5) is 25.5. The highest BCUT2D eigenvalue weighted by Gasteiger charge is 2.34. The lowest BCUT2D eigenvalue weighted by molar-refractivity contribution is -0.143. The quantitative estimate of drug-likeness (QED) is 0.885. The first-order chi connectivity index (χ1) is 11.2. The predicted molar refractivity (Wildman–Crippen MR) is 90.9 cm³/mol. The highest BCUT2D eigenvalue weighted by molar-refractivity contribution is 5.75. The molecule has 24 heavy (non-hydrogen) atoms. The number of amides is 1. The van der Waals surface area contributed by atoms with E-state index in [-0.39, 0.29) is 6.04 Å². The molecule has 1 aliphatic heterocycles. The molecule has 1 aromatic rings. The van der Waals surface area contributed by atoms with Gasteiger partial charge in [-0.15, -0.1) is 0 Å². The van der Waals surface area contributed by atoms with Crippen molar-refractivity contribution >= 4 is 12.1 Å². The summed E-state index contributed by atoms with van der Waals surface area (Å²) in [6, 6.07) is 6.73. The zero-order chi connectivity index (χ0) is 17.9. The van der Waals surface area contributed by atoms with Gasteiger partial charge in [-0.05, 0) is 39.7 Å². The van der Waals surface area contributed by atoms with Crippen LogP contribution in [-0.4, -0.2) is 46.8 Å². The second-order valence-electron chi connectivity index (χ2n) is 7.28. The minimum atomic E-state index is -0.878. The predicted octanol–water partition coefficient (Wildman–Crippen LogP) is 2.72. The fourth-order valence-electron chi connectivity index (χ4n) is 2.87. The van der Waals surface area contributed by atoms with Crippen LogP contribution >= 0.6 is 0 Å². The van der Waals surface area contributed by atoms with Crippen LogP contribution in [0.2, 0.25) is 0 Å². The van der Waals surface area contributed by atoms with E-state index in [1.54, 1.807) is 0 Å². The van der Waals surface area contributed by atoms with E-state index < -0.39 is 23.7 Å². The molecule has 1 aliphatic rings. The number of carboxylic acid groups (broad SMARTS) is 1. The van der Waals surface area contributed by atoms with E-state index in [0.717, 1.165) is 11.1 Å². The average Bonchev–Trinajstić information content (AvgIpc) is 2.86. The van der Waals surface area contributed by atoms with E-state index in [9.17, 15) is 14.7 Å². The number of carbonyl (C=O) groups is 2. The van der Waals surface area contributed by atoms with Crippen LogP contribution in [0.1, 0.15) is 44.4 Å². The number of likely N-dealkylation sites (tertiary alicyclic amines) is 1. The summed E-state index contributed by atoms with van der Waals surface area (Å²) < 4.78 is 5.26. The molecule has 1 fully saturated rings. The Morgan fingerprint density at radius 1 is 1.29 bits per heavy atom. The van der Waals surface area contributed by atoms with Crippen molar-refractivity contribution in [2.75, 3.05) is 13.1 Å². The summed E-state index contributed by atoms with van der Waals surface area (Å²) in [7, 11) is 0. The van der Waals surface area contributed by atoms with Crippen LogP contribution < -0.4 is 5.32 Å². The maximum absolute atomic E-state index is 11.9. The number of alkyl carbamates (subject to hydrolysis) is 1. The number of carboxylic acids is 1. The van der Waals surface area contributed by atoms with Crippen LogP contribution in [-0.2, 0) is 9.53 Å². The molecule has 1 heterocycles. The van der Waals surface area contributed by atoms with E-state index in [1.165, 1.54) is 0 Å². The molecule has 0 saturated carbocycles. The Hall–Kier alpha value is -2.08. The lowest BCUT2D eigenvalue weighted by atomic mass is 10.0. The fraction of sp³-hybridized carbons (Fsp3) is 0.556. The van der Waals surface area contributed by atoms with Gasteiger partial charge in [0, 0.05) is 19.1 Å². The summed E-state index contributed by atoms with van der Waals surface area (Å²) in [5, 5.41) is 12.4. The number of carbonyl (C=O) groups excluding carboxylic acids is 1. The normalized spacial score (nSPS) is 19.8. The van der Waals surface area contributed by atoms with Crippen LogP contribution in [0.5, 0.6) is 0 Å². The van der Waals surface area contributed by atoms with Gasteiger partial charge in [-0.3, -0.25) is 9.69 Å². The van der Waals surface area contributed by atoms with Crippen LogP contribution in [0.4, 0.5) is 4.79 Å². The van der Waals surface area contributed by atoms with Crippen molar-refractivity contribution in [1.29, 1.82) is 0 Å². The first kappa shape index (κ1) is 18.3. The van der Waals surface area contributed by atoms with Gasteiger partial charge in [-0.1, -0.05) is 29.8 Å². The summed E-state index contributed by atoms with van der Waals surface area (Å²) in [6.07, 6.45) is 0.242. The van der Waals surface area contributed by atoms with Crippen molar-refractivity contribution < 1.29 is 19.4 Å². The van der Waals surface area contributed by atoms with Gasteiger partial charge in [-0.2, -0.15) is 0 Å². The number of nitrogens with zero attached hydrogens (tertiary/aromatic N) is 1. The SMILES string of the molecule is Cc1ccc(C(C(=O)O)N2CCC(NC(=O)OC(C)(C)C)C2)cc1. The van der Waals surface area contributed by atoms with E-state index >= 15 is 0 Å². The lowest BCUT2D eigenvalue weighted by Crippen LogP contribution is -2.41. The van der Waals surface area contributed by atoms with Crippen molar-refractivity contribution in [3.05, 3.63) is 35.4 Å². The molecule has 0 spiro atoms. The molecule has 6 nitrogen and oxygen atoms in total. The number of nitrogens with one attached hydrogen (secondary N) is 1. The summed E-state index contributed by atoms with van der Waals surface area (Å²) in [6.45, 7) is 8.51. The summed E-state index contributed by atoms with van der Waals surface area (Å²) in [5.74, 6) is -0.878. The monoisotopic (exact) mass is 334 g/mol.